The van der Waals surface area contributed by atoms with Crippen LogP contribution in [0.1, 0.15) is 12.5 Å². The van der Waals surface area contributed by atoms with E-state index in [1.165, 1.54) is 6.07 Å². The SMILES string of the molecule is CCN(CC(=O)O)C(=O)Nc1cc(Cl)c(C)cc1Cl. The second-order valence-electron chi connectivity index (χ2n) is 3.92. The predicted molar refractivity (Wildman–Crippen MR) is 75.1 cm³/mol. The maximum atomic E-state index is 11.9. The van der Waals surface area contributed by atoms with Crippen molar-refractivity contribution in [3.8, 4) is 0 Å². The van der Waals surface area contributed by atoms with E-state index in [2.05, 4.69) is 5.32 Å². The van der Waals surface area contributed by atoms with Crippen LogP contribution in [0.15, 0.2) is 12.1 Å². The van der Waals surface area contributed by atoms with Gasteiger partial charge < -0.3 is 15.3 Å². The predicted octanol–water partition coefficient (Wildman–Crippen LogP) is 3.24. The van der Waals surface area contributed by atoms with E-state index in [1.54, 1.807) is 19.9 Å². The van der Waals surface area contributed by atoms with Crippen LogP contribution in [-0.4, -0.2) is 35.1 Å². The number of hydrogen-bond acceptors (Lipinski definition) is 2. The third-order valence-corrected chi connectivity index (χ3v) is 3.20. The number of halogens is 2. The number of aryl methyl sites for hydroxylation is 1. The molecule has 5 nitrogen and oxygen atoms in total. The fourth-order valence-corrected chi connectivity index (χ4v) is 1.86. The zero-order valence-corrected chi connectivity index (χ0v) is 12.0. The number of urea groups is 1. The number of rotatable bonds is 4. The molecule has 0 spiro atoms. The van der Waals surface area contributed by atoms with E-state index in [-0.39, 0.29) is 13.1 Å². The van der Waals surface area contributed by atoms with E-state index in [9.17, 15) is 9.59 Å². The number of hydrogen-bond donors (Lipinski definition) is 2. The van der Waals surface area contributed by atoms with Crippen molar-refractivity contribution < 1.29 is 14.7 Å². The van der Waals surface area contributed by atoms with Gasteiger partial charge in [-0.15, -0.1) is 0 Å². The van der Waals surface area contributed by atoms with E-state index >= 15 is 0 Å². The number of aliphatic carboxylic acids is 1. The molecule has 19 heavy (non-hydrogen) atoms. The first-order valence-corrected chi connectivity index (χ1v) is 6.34. The lowest BCUT2D eigenvalue weighted by Crippen LogP contribution is -2.38. The van der Waals surface area contributed by atoms with E-state index in [1.807, 2.05) is 0 Å². The smallest absolute Gasteiger partial charge is 0.323 e. The number of carboxylic acid groups (broad SMARTS) is 1. The molecule has 2 amide bonds. The van der Waals surface area contributed by atoms with Crippen molar-refractivity contribution in [2.24, 2.45) is 0 Å². The summed E-state index contributed by atoms with van der Waals surface area (Å²) in [4.78, 5) is 23.6. The first-order valence-electron chi connectivity index (χ1n) is 5.58. The van der Waals surface area contributed by atoms with Crippen LogP contribution in [0.2, 0.25) is 10.0 Å². The standard InChI is InChI=1S/C12H14Cl2N2O3/c1-3-16(6-11(17)18)12(19)15-10-5-8(13)7(2)4-9(10)14/h4-5H,3,6H2,1-2H3,(H,15,19)(H,17,18). The van der Waals surface area contributed by atoms with Crippen LogP contribution in [0.5, 0.6) is 0 Å². The van der Waals surface area contributed by atoms with Crippen LogP contribution in [0, 0.1) is 6.92 Å². The highest BCUT2D eigenvalue weighted by atomic mass is 35.5. The van der Waals surface area contributed by atoms with Crippen LogP contribution >= 0.6 is 23.2 Å². The summed E-state index contributed by atoms with van der Waals surface area (Å²) in [6.07, 6.45) is 0. The van der Waals surface area contributed by atoms with Gasteiger partial charge in [0.1, 0.15) is 6.54 Å². The monoisotopic (exact) mass is 304 g/mol. The van der Waals surface area contributed by atoms with Crippen molar-refractivity contribution in [3.63, 3.8) is 0 Å². The molecule has 1 aromatic rings. The van der Waals surface area contributed by atoms with Gasteiger partial charge in [-0.3, -0.25) is 4.79 Å². The molecule has 0 fully saturated rings. The number of amides is 2. The number of carbonyl (C=O) groups excluding carboxylic acids is 1. The maximum absolute atomic E-state index is 11.9. The van der Waals surface area contributed by atoms with Gasteiger partial charge in [0.15, 0.2) is 0 Å². The molecule has 0 aromatic heterocycles. The van der Waals surface area contributed by atoms with Crippen molar-refractivity contribution in [1.29, 1.82) is 0 Å². The summed E-state index contributed by atoms with van der Waals surface area (Å²) in [5.74, 6) is -1.08. The van der Waals surface area contributed by atoms with Gasteiger partial charge in [-0.1, -0.05) is 23.2 Å². The number of nitrogens with zero attached hydrogens (tertiary/aromatic N) is 1. The third-order valence-electron chi connectivity index (χ3n) is 2.48. The third kappa shape index (κ3) is 4.29. The average Bonchev–Trinajstić information content (AvgIpc) is 2.32. The number of anilines is 1. The molecule has 1 aromatic carbocycles. The van der Waals surface area contributed by atoms with Gasteiger partial charge in [0.2, 0.25) is 0 Å². The number of carboxylic acids is 1. The zero-order chi connectivity index (χ0) is 14.6. The Bertz CT molecular complexity index is 506. The molecule has 2 N–H and O–H groups in total. The maximum Gasteiger partial charge on any atom is 0.323 e. The van der Waals surface area contributed by atoms with Crippen LogP contribution in [0.25, 0.3) is 0 Å². The Morgan fingerprint density at radius 3 is 2.47 bits per heavy atom. The van der Waals surface area contributed by atoms with Crippen molar-refractivity contribution in [3.05, 3.63) is 27.7 Å². The first kappa shape index (κ1) is 15.6. The Balaban J connectivity index is 2.86. The molecule has 0 radical (unpaired) electrons. The first-order chi connectivity index (χ1) is 8.85. The minimum Gasteiger partial charge on any atom is -0.480 e. The Morgan fingerprint density at radius 1 is 1.32 bits per heavy atom. The minimum atomic E-state index is -1.08. The Kier molecular flexibility index (Phi) is 5.44. The Morgan fingerprint density at radius 2 is 1.95 bits per heavy atom. The molecule has 0 atom stereocenters. The highest BCUT2D eigenvalue weighted by Gasteiger charge is 2.16. The van der Waals surface area contributed by atoms with Crippen LogP contribution < -0.4 is 5.32 Å². The van der Waals surface area contributed by atoms with E-state index in [0.717, 1.165) is 10.5 Å². The number of likely N-dealkylation sites (N-methyl/N-ethyl adjacent to an activating group) is 1. The Labute approximate surface area is 121 Å². The summed E-state index contributed by atoms with van der Waals surface area (Å²) in [6.45, 7) is 3.38. The molecule has 0 unspecified atom stereocenters. The van der Waals surface area contributed by atoms with Crippen molar-refractivity contribution in [1.82, 2.24) is 4.90 Å². The van der Waals surface area contributed by atoms with Crippen LogP contribution in [0.4, 0.5) is 10.5 Å². The van der Waals surface area contributed by atoms with Gasteiger partial charge >= 0.3 is 12.0 Å². The highest BCUT2D eigenvalue weighted by molar-refractivity contribution is 6.36. The largest absolute Gasteiger partial charge is 0.480 e. The van der Waals surface area contributed by atoms with Crippen molar-refractivity contribution >= 4 is 40.9 Å². The normalized spacial score (nSPS) is 10.1. The minimum absolute atomic E-state index is 0.273. The molecule has 0 bridgehead atoms. The molecule has 0 saturated heterocycles. The second-order valence-corrected chi connectivity index (χ2v) is 4.73. The van der Waals surface area contributed by atoms with E-state index in [4.69, 9.17) is 28.3 Å². The molecule has 104 valence electrons. The van der Waals surface area contributed by atoms with Gasteiger partial charge in [0.25, 0.3) is 0 Å². The summed E-state index contributed by atoms with van der Waals surface area (Å²) in [7, 11) is 0. The van der Waals surface area contributed by atoms with Gasteiger partial charge in [0.05, 0.1) is 10.7 Å². The summed E-state index contributed by atoms with van der Waals surface area (Å²) in [5.41, 5.74) is 1.15. The van der Waals surface area contributed by atoms with E-state index in [0.29, 0.717) is 15.7 Å². The quantitative estimate of drug-likeness (QED) is 0.897. The molecule has 0 aliphatic rings. The van der Waals surface area contributed by atoms with Gasteiger partial charge in [-0.05, 0) is 31.5 Å². The molecule has 0 aliphatic carbocycles. The number of nitrogens with one attached hydrogen (secondary N) is 1. The van der Waals surface area contributed by atoms with Crippen LogP contribution in [-0.2, 0) is 4.79 Å². The topological polar surface area (TPSA) is 69.6 Å². The Hall–Kier alpha value is -1.46. The molecule has 1 rings (SSSR count). The summed E-state index contributed by atoms with van der Waals surface area (Å²) >= 11 is 11.9. The second kappa shape index (κ2) is 6.63. The molecular formula is C12H14Cl2N2O3. The fourth-order valence-electron chi connectivity index (χ4n) is 1.43. The molecule has 0 aliphatic heterocycles. The lowest BCUT2D eigenvalue weighted by Gasteiger charge is -2.19. The molecule has 7 heteroatoms. The lowest BCUT2D eigenvalue weighted by atomic mass is 10.2. The van der Waals surface area contributed by atoms with Crippen molar-refractivity contribution in [2.75, 3.05) is 18.4 Å². The lowest BCUT2D eigenvalue weighted by molar-refractivity contribution is -0.137. The molecular weight excluding hydrogens is 291 g/mol. The van der Waals surface area contributed by atoms with Crippen molar-refractivity contribution in [2.45, 2.75) is 13.8 Å². The van der Waals surface area contributed by atoms with Crippen LogP contribution in [0.3, 0.4) is 0 Å². The fraction of sp³-hybridized carbons (Fsp3) is 0.333. The summed E-state index contributed by atoms with van der Waals surface area (Å²) < 4.78 is 0. The average molecular weight is 305 g/mol. The summed E-state index contributed by atoms with van der Waals surface area (Å²) in [5, 5.41) is 12.1. The number of carbonyl (C=O) groups is 2. The molecule has 0 saturated carbocycles. The molecule has 0 heterocycles. The van der Waals surface area contributed by atoms with Gasteiger partial charge in [0, 0.05) is 11.6 Å². The zero-order valence-electron chi connectivity index (χ0n) is 10.5. The van der Waals surface area contributed by atoms with Gasteiger partial charge in [-0.2, -0.15) is 0 Å². The summed E-state index contributed by atoms with van der Waals surface area (Å²) in [6, 6.07) is 2.63. The van der Waals surface area contributed by atoms with Gasteiger partial charge in [-0.25, -0.2) is 4.79 Å². The number of benzene rings is 1. The van der Waals surface area contributed by atoms with E-state index < -0.39 is 12.0 Å². The highest BCUT2D eigenvalue weighted by Crippen LogP contribution is 2.28.